The van der Waals surface area contributed by atoms with Crippen LogP contribution >= 0.6 is 0 Å². The summed E-state index contributed by atoms with van der Waals surface area (Å²) in [6.07, 6.45) is 0.316. The predicted octanol–water partition coefficient (Wildman–Crippen LogP) is 3.00. The number of aryl methyl sites for hydroxylation is 2. The Balaban J connectivity index is 1.34. The first-order valence-electron chi connectivity index (χ1n) is 10.4. The molecule has 2 aliphatic heterocycles. The van der Waals surface area contributed by atoms with Crippen molar-refractivity contribution < 1.29 is 9.59 Å². The molecule has 2 aliphatic rings. The van der Waals surface area contributed by atoms with Crippen LogP contribution in [-0.4, -0.2) is 54.3 Å². The minimum Gasteiger partial charge on any atom is -0.340 e. The molecule has 0 spiro atoms. The van der Waals surface area contributed by atoms with Crippen LogP contribution in [0.2, 0.25) is 0 Å². The maximum atomic E-state index is 13.1. The lowest BCUT2D eigenvalue weighted by molar-refractivity contribution is -0.137. The second-order valence-electron chi connectivity index (χ2n) is 8.28. The van der Waals surface area contributed by atoms with E-state index in [4.69, 9.17) is 0 Å². The number of nitrogens with zero attached hydrogens (tertiary/aromatic N) is 3. The molecule has 0 saturated carbocycles. The Morgan fingerprint density at radius 2 is 1.72 bits per heavy atom. The molecule has 2 amide bonds. The fraction of sp³-hybridized carbons (Fsp3) is 0.417. The van der Waals surface area contributed by atoms with Crippen LogP contribution < -0.4 is 4.90 Å². The summed E-state index contributed by atoms with van der Waals surface area (Å²) in [5.74, 6) is -0.0492. The van der Waals surface area contributed by atoms with Crippen molar-refractivity contribution in [2.75, 3.05) is 37.6 Å². The lowest BCUT2D eigenvalue weighted by Gasteiger charge is -2.36. The van der Waals surface area contributed by atoms with E-state index in [9.17, 15) is 9.59 Å². The van der Waals surface area contributed by atoms with E-state index >= 15 is 0 Å². The van der Waals surface area contributed by atoms with E-state index in [-0.39, 0.29) is 17.7 Å². The van der Waals surface area contributed by atoms with Crippen LogP contribution in [0.5, 0.6) is 0 Å². The van der Waals surface area contributed by atoms with Gasteiger partial charge in [-0.1, -0.05) is 48.0 Å². The number of piperazine rings is 1. The molecule has 5 nitrogen and oxygen atoms in total. The maximum Gasteiger partial charge on any atom is 0.228 e. The van der Waals surface area contributed by atoms with Gasteiger partial charge in [0.2, 0.25) is 11.8 Å². The number of carbonyl (C=O) groups is 2. The van der Waals surface area contributed by atoms with Gasteiger partial charge in [0, 0.05) is 51.4 Å². The zero-order valence-electron chi connectivity index (χ0n) is 17.3. The van der Waals surface area contributed by atoms with Gasteiger partial charge in [0.25, 0.3) is 0 Å². The minimum absolute atomic E-state index is 0.0537. The van der Waals surface area contributed by atoms with E-state index in [0.717, 1.165) is 44.0 Å². The first kappa shape index (κ1) is 19.6. The fourth-order valence-electron chi connectivity index (χ4n) is 4.44. The molecule has 2 heterocycles. The van der Waals surface area contributed by atoms with Crippen molar-refractivity contribution >= 4 is 17.5 Å². The molecule has 29 heavy (non-hydrogen) atoms. The molecular formula is C24H29N3O2. The van der Waals surface area contributed by atoms with Crippen molar-refractivity contribution in [1.82, 2.24) is 9.80 Å². The standard InChI is InChI=1S/C24H29N3O2/c1-18-8-9-22(19(2)14-18)27-17-21(15-23(27)28)24(29)26-12-10-25(11-13-26)16-20-6-4-3-5-7-20/h3-9,14,21H,10-13,15-17H2,1-2H3. The highest BCUT2D eigenvalue weighted by Gasteiger charge is 2.38. The van der Waals surface area contributed by atoms with E-state index in [0.29, 0.717) is 13.0 Å². The van der Waals surface area contributed by atoms with Gasteiger partial charge >= 0.3 is 0 Å². The van der Waals surface area contributed by atoms with E-state index in [1.54, 1.807) is 4.90 Å². The second-order valence-corrected chi connectivity index (χ2v) is 8.28. The molecule has 1 unspecified atom stereocenters. The SMILES string of the molecule is Cc1ccc(N2CC(C(=O)N3CCN(Cc4ccccc4)CC3)CC2=O)c(C)c1. The first-order valence-corrected chi connectivity index (χ1v) is 10.4. The number of hydrogen-bond acceptors (Lipinski definition) is 3. The van der Waals surface area contributed by atoms with E-state index < -0.39 is 0 Å². The van der Waals surface area contributed by atoms with E-state index in [2.05, 4.69) is 35.2 Å². The Morgan fingerprint density at radius 1 is 1.00 bits per heavy atom. The molecule has 0 radical (unpaired) electrons. The van der Waals surface area contributed by atoms with Crippen LogP contribution in [0.15, 0.2) is 48.5 Å². The van der Waals surface area contributed by atoms with Gasteiger partial charge in [-0.15, -0.1) is 0 Å². The van der Waals surface area contributed by atoms with Gasteiger partial charge in [-0.05, 0) is 31.0 Å². The molecule has 152 valence electrons. The number of benzene rings is 2. The Bertz CT molecular complexity index is 888. The monoisotopic (exact) mass is 391 g/mol. The summed E-state index contributed by atoms with van der Waals surface area (Å²) in [5.41, 5.74) is 4.50. The number of rotatable bonds is 4. The zero-order chi connectivity index (χ0) is 20.4. The normalized spacial score (nSPS) is 20.3. The molecular weight excluding hydrogens is 362 g/mol. The molecule has 4 rings (SSSR count). The van der Waals surface area contributed by atoms with Crippen LogP contribution in [0.4, 0.5) is 5.69 Å². The van der Waals surface area contributed by atoms with Gasteiger partial charge in [-0.2, -0.15) is 0 Å². The summed E-state index contributed by atoms with van der Waals surface area (Å²) < 4.78 is 0. The maximum absolute atomic E-state index is 13.1. The topological polar surface area (TPSA) is 43.9 Å². The van der Waals surface area contributed by atoms with Gasteiger partial charge in [-0.3, -0.25) is 14.5 Å². The fourth-order valence-corrected chi connectivity index (χ4v) is 4.44. The third-order valence-corrected chi connectivity index (χ3v) is 6.05. The van der Waals surface area contributed by atoms with Crippen molar-refractivity contribution in [3.05, 3.63) is 65.2 Å². The molecule has 2 aromatic carbocycles. The van der Waals surface area contributed by atoms with E-state index in [1.807, 2.05) is 36.9 Å². The van der Waals surface area contributed by atoms with Crippen LogP contribution in [0.1, 0.15) is 23.1 Å². The Labute approximate surface area is 172 Å². The minimum atomic E-state index is -0.233. The molecule has 2 saturated heterocycles. The summed E-state index contributed by atoms with van der Waals surface area (Å²) in [6.45, 7) is 8.71. The van der Waals surface area contributed by atoms with Crippen molar-refractivity contribution in [2.24, 2.45) is 5.92 Å². The van der Waals surface area contributed by atoms with Crippen molar-refractivity contribution in [1.29, 1.82) is 0 Å². The summed E-state index contributed by atoms with van der Waals surface area (Å²) >= 11 is 0. The average Bonchev–Trinajstić information content (AvgIpc) is 3.10. The molecule has 2 aromatic rings. The van der Waals surface area contributed by atoms with Gasteiger partial charge in [0.1, 0.15) is 0 Å². The highest BCUT2D eigenvalue weighted by Crippen LogP contribution is 2.29. The lowest BCUT2D eigenvalue weighted by atomic mass is 10.1. The zero-order valence-corrected chi connectivity index (χ0v) is 17.3. The van der Waals surface area contributed by atoms with Crippen LogP contribution in [-0.2, 0) is 16.1 Å². The van der Waals surface area contributed by atoms with Crippen molar-refractivity contribution in [3.63, 3.8) is 0 Å². The molecule has 0 aromatic heterocycles. The lowest BCUT2D eigenvalue weighted by Crippen LogP contribution is -2.50. The highest BCUT2D eigenvalue weighted by molar-refractivity contribution is 6.00. The summed E-state index contributed by atoms with van der Waals surface area (Å²) in [4.78, 5) is 31.8. The van der Waals surface area contributed by atoms with Crippen molar-refractivity contribution in [2.45, 2.75) is 26.8 Å². The second kappa shape index (κ2) is 8.37. The van der Waals surface area contributed by atoms with Gasteiger partial charge in [-0.25, -0.2) is 0 Å². The third kappa shape index (κ3) is 4.35. The number of anilines is 1. The molecule has 0 aliphatic carbocycles. The summed E-state index contributed by atoms with van der Waals surface area (Å²) in [5, 5.41) is 0. The number of hydrogen-bond donors (Lipinski definition) is 0. The Morgan fingerprint density at radius 3 is 2.41 bits per heavy atom. The summed E-state index contributed by atoms with van der Waals surface area (Å²) in [7, 11) is 0. The number of carbonyl (C=O) groups excluding carboxylic acids is 2. The quantitative estimate of drug-likeness (QED) is 0.805. The largest absolute Gasteiger partial charge is 0.340 e. The Hall–Kier alpha value is -2.66. The third-order valence-electron chi connectivity index (χ3n) is 6.05. The van der Waals surface area contributed by atoms with Gasteiger partial charge in [0.05, 0.1) is 5.92 Å². The van der Waals surface area contributed by atoms with E-state index in [1.165, 1.54) is 11.1 Å². The first-order chi connectivity index (χ1) is 14.0. The molecule has 5 heteroatoms. The smallest absolute Gasteiger partial charge is 0.228 e. The molecule has 0 N–H and O–H groups in total. The molecule has 2 fully saturated rings. The number of amides is 2. The average molecular weight is 392 g/mol. The van der Waals surface area contributed by atoms with Crippen LogP contribution in [0.3, 0.4) is 0 Å². The summed E-state index contributed by atoms with van der Waals surface area (Å²) in [6, 6.07) is 16.6. The van der Waals surface area contributed by atoms with Gasteiger partial charge < -0.3 is 9.80 Å². The predicted molar refractivity (Wildman–Crippen MR) is 115 cm³/mol. The molecule has 1 atom stereocenters. The van der Waals surface area contributed by atoms with Crippen LogP contribution in [0.25, 0.3) is 0 Å². The van der Waals surface area contributed by atoms with Crippen LogP contribution in [0, 0.1) is 19.8 Å². The molecule has 0 bridgehead atoms. The van der Waals surface area contributed by atoms with Gasteiger partial charge in [0.15, 0.2) is 0 Å². The Kier molecular flexibility index (Phi) is 5.67. The van der Waals surface area contributed by atoms with Crippen molar-refractivity contribution in [3.8, 4) is 0 Å². The highest BCUT2D eigenvalue weighted by atomic mass is 16.2.